The third kappa shape index (κ3) is 3.61. The molecule has 98 valence electrons. The summed E-state index contributed by atoms with van der Waals surface area (Å²) in [5.74, 6) is 0.380. The predicted molar refractivity (Wildman–Crippen MR) is 69.2 cm³/mol. The summed E-state index contributed by atoms with van der Waals surface area (Å²) in [7, 11) is -3.88. The van der Waals surface area contributed by atoms with Crippen molar-refractivity contribution in [1.29, 1.82) is 0 Å². The van der Waals surface area contributed by atoms with Gasteiger partial charge in [0, 0.05) is 0 Å². The maximum absolute atomic E-state index is 11.4. The molecule has 0 bridgehead atoms. The lowest BCUT2D eigenvalue weighted by atomic mass is 10.3. The van der Waals surface area contributed by atoms with Crippen molar-refractivity contribution in [3.05, 3.63) is 43.5 Å². The van der Waals surface area contributed by atoms with Crippen LogP contribution in [0.5, 0.6) is 11.5 Å². The van der Waals surface area contributed by atoms with Crippen LogP contribution in [0.25, 0.3) is 0 Å². The van der Waals surface area contributed by atoms with Crippen molar-refractivity contribution in [3.8, 4) is 11.5 Å². The van der Waals surface area contributed by atoms with Crippen LogP contribution in [-0.4, -0.2) is 21.6 Å². The van der Waals surface area contributed by atoms with Crippen molar-refractivity contribution >= 4 is 10.0 Å². The molecule has 1 rings (SSSR count). The zero-order valence-electron chi connectivity index (χ0n) is 9.83. The summed E-state index contributed by atoms with van der Waals surface area (Å²) in [5, 5.41) is 5.12. The summed E-state index contributed by atoms with van der Waals surface area (Å²) in [5.41, 5.74) is 0. The summed E-state index contributed by atoms with van der Waals surface area (Å²) < 4.78 is 33.5. The standard InChI is InChI=1S/C12H15NO4S/c1-3-8-16-10-6-5-7-11(18(13,14)15)12(10)17-9-4-2/h3-7H,1-2,8-9H2,(H2,13,14,15). The van der Waals surface area contributed by atoms with Gasteiger partial charge in [0.15, 0.2) is 11.5 Å². The van der Waals surface area contributed by atoms with E-state index in [9.17, 15) is 8.42 Å². The van der Waals surface area contributed by atoms with E-state index < -0.39 is 10.0 Å². The molecule has 0 saturated carbocycles. The molecule has 0 aliphatic carbocycles. The molecular formula is C12H15NO4S. The van der Waals surface area contributed by atoms with E-state index in [0.717, 1.165) is 0 Å². The van der Waals surface area contributed by atoms with E-state index >= 15 is 0 Å². The Hall–Kier alpha value is -1.79. The smallest absolute Gasteiger partial charge is 0.241 e. The number of sulfonamides is 1. The van der Waals surface area contributed by atoms with Crippen LogP contribution in [0.2, 0.25) is 0 Å². The van der Waals surface area contributed by atoms with Crippen LogP contribution in [0.3, 0.4) is 0 Å². The highest BCUT2D eigenvalue weighted by Crippen LogP contribution is 2.33. The van der Waals surface area contributed by atoms with Gasteiger partial charge in [-0.1, -0.05) is 31.4 Å². The van der Waals surface area contributed by atoms with Crippen molar-refractivity contribution in [2.24, 2.45) is 5.14 Å². The van der Waals surface area contributed by atoms with Crippen molar-refractivity contribution < 1.29 is 17.9 Å². The second-order valence-corrected chi connectivity index (χ2v) is 4.86. The first-order valence-electron chi connectivity index (χ1n) is 5.14. The summed E-state index contributed by atoms with van der Waals surface area (Å²) in [6.45, 7) is 7.39. The fourth-order valence-electron chi connectivity index (χ4n) is 1.27. The van der Waals surface area contributed by atoms with E-state index in [1.54, 1.807) is 12.1 Å². The van der Waals surface area contributed by atoms with E-state index in [1.165, 1.54) is 18.2 Å². The van der Waals surface area contributed by atoms with E-state index in [0.29, 0.717) is 5.75 Å². The quantitative estimate of drug-likeness (QED) is 0.760. The first kappa shape index (κ1) is 14.3. The topological polar surface area (TPSA) is 78.6 Å². The average molecular weight is 269 g/mol. The maximum Gasteiger partial charge on any atom is 0.241 e. The first-order valence-corrected chi connectivity index (χ1v) is 6.68. The van der Waals surface area contributed by atoms with Gasteiger partial charge < -0.3 is 9.47 Å². The molecule has 0 radical (unpaired) electrons. The van der Waals surface area contributed by atoms with Gasteiger partial charge in [0.1, 0.15) is 18.1 Å². The number of benzene rings is 1. The Morgan fingerprint density at radius 3 is 2.33 bits per heavy atom. The van der Waals surface area contributed by atoms with Crippen molar-refractivity contribution in [2.75, 3.05) is 13.2 Å². The van der Waals surface area contributed by atoms with Gasteiger partial charge in [-0.2, -0.15) is 0 Å². The summed E-state index contributed by atoms with van der Waals surface area (Å²) in [6, 6.07) is 4.48. The fourth-order valence-corrected chi connectivity index (χ4v) is 1.95. The molecule has 0 aliphatic rings. The highest BCUT2D eigenvalue weighted by Gasteiger charge is 2.19. The van der Waals surface area contributed by atoms with Crippen LogP contribution in [0.1, 0.15) is 0 Å². The molecule has 0 saturated heterocycles. The molecule has 0 fully saturated rings. The molecule has 1 aromatic carbocycles. The van der Waals surface area contributed by atoms with E-state index in [4.69, 9.17) is 14.6 Å². The molecule has 6 heteroatoms. The summed E-state index contributed by atoms with van der Waals surface area (Å²) >= 11 is 0. The first-order chi connectivity index (χ1) is 8.50. The van der Waals surface area contributed by atoms with Crippen molar-refractivity contribution in [2.45, 2.75) is 4.90 Å². The molecular weight excluding hydrogens is 254 g/mol. The second kappa shape index (κ2) is 6.23. The number of rotatable bonds is 7. The minimum atomic E-state index is -3.88. The largest absolute Gasteiger partial charge is 0.486 e. The lowest BCUT2D eigenvalue weighted by molar-refractivity contribution is 0.301. The number of nitrogens with two attached hydrogens (primary N) is 1. The zero-order chi connectivity index (χ0) is 13.6. The number of primary sulfonamides is 1. The van der Waals surface area contributed by atoms with E-state index in [-0.39, 0.29) is 23.9 Å². The molecule has 0 aromatic heterocycles. The average Bonchev–Trinajstić information content (AvgIpc) is 2.32. The van der Waals surface area contributed by atoms with Gasteiger partial charge in [-0.15, -0.1) is 0 Å². The number of hydrogen-bond donors (Lipinski definition) is 1. The SMILES string of the molecule is C=CCOc1cccc(S(N)(=O)=O)c1OCC=C. The molecule has 0 aliphatic heterocycles. The number of para-hydroxylation sites is 1. The third-order valence-electron chi connectivity index (χ3n) is 1.95. The summed E-state index contributed by atoms with van der Waals surface area (Å²) in [6.07, 6.45) is 3.04. The molecule has 1 aromatic rings. The Kier molecular flexibility index (Phi) is 4.94. The fraction of sp³-hybridized carbons (Fsp3) is 0.167. The van der Waals surface area contributed by atoms with Gasteiger partial charge >= 0.3 is 0 Å². The third-order valence-corrected chi connectivity index (χ3v) is 2.89. The van der Waals surface area contributed by atoms with Gasteiger partial charge in [-0.05, 0) is 12.1 Å². The normalized spacial score (nSPS) is 10.7. The van der Waals surface area contributed by atoms with Crippen molar-refractivity contribution in [3.63, 3.8) is 0 Å². The molecule has 18 heavy (non-hydrogen) atoms. The van der Waals surface area contributed by atoms with Gasteiger partial charge in [-0.3, -0.25) is 0 Å². The lowest BCUT2D eigenvalue weighted by Gasteiger charge is -2.13. The van der Waals surface area contributed by atoms with Crippen LogP contribution in [-0.2, 0) is 10.0 Å². The van der Waals surface area contributed by atoms with Crippen LogP contribution < -0.4 is 14.6 Å². The van der Waals surface area contributed by atoms with E-state index in [1.807, 2.05) is 0 Å². The number of hydrogen-bond acceptors (Lipinski definition) is 4. The highest BCUT2D eigenvalue weighted by molar-refractivity contribution is 7.89. The Labute approximate surface area is 107 Å². The molecule has 0 heterocycles. The molecule has 0 amide bonds. The van der Waals surface area contributed by atoms with Gasteiger partial charge in [0.2, 0.25) is 10.0 Å². The van der Waals surface area contributed by atoms with Crippen LogP contribution in [0, 0.1) is 0 Å². The van der Waals surface area contributed by atoms with Gasteiger partial charge in [-0.25, -0.2) is 13.6 Å². The zero-order valence-corrected chi connectivity index (χ0v) is 10.7. The Morgan fingerprint density at radius 1 is 1.17 bits per heavy atom. The van der Waals surface area contributed by atoms with Crippen molar-refractivity contribution in [1.82, 2.24) is 0 Å². The number of ether oxygens (including phenoxy) is 2. The molecule has 0 spiro atoms. The monoisotopic (exact) mass is 269 g/mol. The highest BCUT2D eigenvalue weighted by atomic mass is 32.2. The second-order valence-electron chi connectivity index (χ2n) is 3.33. The molecule has 5 nitrogen and oxygen atoms in total. The molecule has 0 atom stereocenters. The van der Waals surface area contributed by atoms with Gasteiger partial charge in [0.05, 0.1) is 0 Å². The maximum atomic E-state index is 11.4. The minimum absolute atomic E-state index is 0.0850. The van der Waals surface area contributed by atoms with E-state index in [2.05, 4.69) is 13.2 Å². The van der Waals surface area contributed by atoms with Crippen LogP contribution in [0.4, 0.5) is 0 Å². The predicted octanol–water partition coefficient (Wildman–Crippen LogP) is 1.46. The van der Waals surface area contributed by atoms with Gasteiger partial charge in [0.25, 0.3) is 0 Å². The molecule has 0 unspecified atom stereocenters. The Bertz CT molecular complexity index is 537. The van der Waals surface area contributed by atoms with Crippen LogP contribution >= 0.6 is 0 Å². The summed E-state index contributed by atoms with van der Waals surface area (Å²) in [4.78, 5) is -0.120. The minimum Gasteiger partial charge on any atom is -0.486 e. The molecule has 2 N–H and O–H groups in total. The Balaban J connectivity index is 3.24. The lowest BCUT2D eigenvalue weighted by Crippen LogP contribution is -2.14. The Morgan fingerprint density at radius 2 is 1.78 bits per heavy atom. The van der Waals surface area contributed by atoms with Crippen LogP contribution in [0.15, 0.2) is 48.4 Å².